The van der Waals surface area contributed by atoms with E-state index in [1.165, 1.54) is 48.7 Å². The number of fused-ring (bicyclic) bond motifs is 1. The Bertz CT molecular complexity index is 1360. The van der Waals surface area contributed by atoms with Gasteiger partial charge in [-0.2, -0.15) is 8.78 Å². The zero-order valence-electron chi connectivity index (χ0n) is 19.4. The molecule has 1 aliphatic rings. The Kier molecular flexibility index (Phi) is 8.66. The molecule has 0 unspecified atom stereocenters. The quantitative estimate of drug-likeness (QED) is 0.166. The predicted molar refractivity (Wildman–Crippen MR) is 129 cm³/mol. The molecule has 1 aromatic heterocycles. The second kappa shape index (κ2) is 12.3. The average Bonchev–Trinajstić information content (AvgIpc) is 2.91. The molecule has 2 heterocycles. The summed E-state index contributed by atoms with van der Waals surface area (Å²) < 4.78 is 45.6. The van der Waals surface area contributed by atoms with Gasteiger partial charge in [0.1, 0.15) is 23.1 Å². The zero-order chi connectivity index (χ0) is 27.1. The molecule has 198 valence electrons. The van der Waals surface area contributed by atoms with E-state index in [4.69, 9.17) is 14.2 Å². The van der Waals surface area contributed by atoms with Crippen molar-refractivity contribution in [3.63, 3.8) is 0 Å². The maximum absolute atomic E-state index is 12.8. The lowest BCUT2D eigenvalue weighted by Gasteiger charge is -2.20. The van der Waals surface area contributed by atoms with Crippen LogP contribution in [0.2, 0.25) is 0 Å². The highest BCUT2D eigenvalue weighted by Gasteiger charge is 2.23. The van der Waals surface area contributed by atoms with E-state index in [0.717, 1.165) is 11.8 Å². The van der Waals surface area contributed by atoms with Crippen LogP contribution >= 0.6 is 11.8 Å². The number of benzene rings is 2. The van der Waals surface area contributed by atoms with Crippen LogP contribution in [-0.4, -0.2) is 40.9 Å². The SMILES string of the molecule is O=C(CSc1ncccc1C(=O)OCc1cc([N+](=O)[O-])cc2c1OCOC2)Nc1ccccc1OC(F)F. The number of carbonyl (C=O) groups is 2. The molecule has 0 fully saturated rings. The number of ether oxygens (including phenoxy) is 4. The van der Waals surface area contributed by atoms with E-state index in [2.05, 4.69) is 15.0 Å². The summed E-state index contributed by atoms with van der Waals surface area (Å²) >= 11 is 0.930. The minimum Gasteiger partial charge on any atom is -0.467 e. The largest absolute Gasteiger partial charge is 0.467 e. The number of nitro benzene ring substituents is 1. The van der Waals surface area contributed by atoms with Gasteiger partial charge >= 0.3 is 12.6 Å². The van der Waals surface area contributed by atoms with Crippen LogP contribution in [0.15, 0.2) is 59.8 Å². The van der Waals surface area contributed by atoms with Crippen molar-refractivity contribution in [2.24, 2.45) is 0 Å². The van der Waals surface area contributed by atoms with Crippen LogP contribution in [0, 0.1) is 10.1 Å². The second-order valence-corrected chi connectivity index (χ2v) is 8.57. The number of nitro groups is 1. The molecule has 4 rings (SSSR count). The number of thioether (sulfide) groups is 1. The number of alkyl halides is 2. The number of nitrogens with one attached hydrogen (secondary N) is 1. The molecule has 0 radical (unpaired) electrons. The van der Waals surface area contributed by atoms with Gasteiger partial charge in [0.2, 0.25) is 5.91 Å². The smallest absolute Gasteiger partial charge is 0.387 e. The Morgan fingerprint density at radius 3 is 2.82 bits per heavy atom. The third-order valence-electron chi connectivity index (χ3n) is 5.05. The first kappa shape index (κ1) is 26.8. The molecule has 2 aromatic carbocycles. The fraction of sp³-hybridized carbons (Fsp3) is 0.208. The minimum absolute atomic E-state index is 0.0457. The molecular formula is C24H19F2N3O8S. The number of hydrogen-bond donors (Lipinski definition) is 1. The first-order chi connectivity index (χ1) is 18.3. The number of nitrogens with zero attached hydrogens (tertiary/aromatic N) is 2. The van der Waals surface area contributed by atoms with Crippen molar-refractivity contribution in [1.82, 2.24) is 4.98 Å². The number of aromatic nitrogens is 1. The zero-order valence-corrected chi connectivity index (χ0v) is 20.2. The summed E-state index contributed by atoms with van der Waals surface area (Å²) in [7, 11) is 0. The van der Waals surface area contributed by atoms with Crippen molar-refractivity contribution in [1.29, 1.82) is 0 Å². The third kappa shape index (κ3) is 6.72. The predicted octanol–water partition coefficient (Wildman–Crippen LogP) is 4.55. The maximum atomic E-state index is 12.8. The van der Waals surface area contributed by atoms with E-state index in [1.54, 1.807) is 6.07 Å². The molecule has 0 saturated heterocycles. The highest BCUT2D eigenvalue weighted by molar-refractivity contribution is 8.00. The third-order valence-corrected chi connectivity index (χ3v) is 6.05. The van der Waals surface area contributed by atoms with Crippen molar-refractivity contribution in [2.75, 3.05) is 17.9 Å². The van der Waals surface area contributed by atoms with E-state index in [0.29, 0.717) is 16.9 Å². The standard InChI is InChI=1S/C24H19F2N3O8S/c25-24(26)37-19-6-2-1-5-18(19)28-20(30)12-38-22-17(4-3-7-27-22)23(31)35-11-15-9-16(29(32)33)8-14-10-34-13-36-21(14)15/h1-9,24H,10-13H2,(H,28,30). The number of para-hydroxylation sites is 2. The van der Waals surface area contributed by atoms with Gasteiger partial charge in [-0.3, -0.25) is 14.9 Å². The fourth-order valence-electron chi connectivity index (χ4n) is 3.46. The van der Waals surface area contributed by atoms with E-state index >= 15 is 0 Å². The Morgan fingerprint density at radius 1 is 1.21 bits per heavy atom. The van der Waals surface area contributed by atoms with Gasteiger partial charge in [0, 0.05) is 29.5 Å². The van der Waals surface area contributed by atoms with Gasteiger partial charge in [-0.25, -0.2) is 9.78 Å². The monoisotopic (exact) mass is 547 g/mol. The van der Waals surface area contributed by atoms with Gasteiger partial charge in [-0.1, -0.05) is 23.9 Å². The van der Waals surface area contributed by atoms with Gasteiger partial charge in [0.15, 0.2) is 6.79 Å². The lowest BCUT2D eigenvalue weighted by atomic mass is 10.1. The number of amides is 1. The Hall–Kier alpha value is -4.30. The molecule has 0 aliphatic carbocycles. The summed E-state index contributed by atoms with van der Waals surface area (Å²) in [5, 5.41) is 14.0. The molecule has 0 saturated carbocycles. The van der Waals surface area contributed by atoms with Gasteiger partial charge < -0.3 is 24.3 Å². The van der Waals surface area contributed by atoms with Crippen molar-refractivity contribution in [3.8, 4) is 11.5 Å². The molecule has 14 heteroatoms. The lowest BCUT2D eigenvalue weighted by molar-refractivity contribution is -0.385. The van der Waals surface area contributed by atoms with E-state index < -0.39 is 23.4 Å². The van der Waals surface area contributed by atoms with E-state index in [1.807, 2.05) is 0 Å². The lowest BCUT2D eigenvalue weighted by Crippen LogP contribution is -2.16. The number of anilines is 1. The number of carbonyl (C=O) groups excluding carboxylic acids is 2. The Balaban J connectivity index is 1.42. The fourth-order valence-corrected chi connectivity index (χ4v) is 4.25. The van der Waals surface area contributed by atoms with Crippen LogP contribution in [0.5, 0.6) is 11.5 Å². The van der Waals surface area contributed by atoms with E-state index in [-0.39, 0.29) is 53.5 Å². The van der Waals surface area contributed by atoms with Crippen molar-refractivity contribution < 1.29 is 42.2 Å². The molecule has 3 aromatic rings. The minimum atomic E-state index is -3.06. The number of hydrogen-bond acceptors (Lipinski definition) is 10. The molecular weight excluding hydrogens is 528 g/mol. The first-order valence-corrected chi connectivity index (χ1v) is 11.9. The number of non-ortho nitro benzene ring substituents is 1. The van der Waals surface area contributed by atoms with Crippen LogP contribution in [0.1, 0.15) is 21.5 Å². The van der Waals surface area contributed by atoms with Crippen LogP contribution in [0.25, 0.3) is 0 Å². The van der Waals surface area contributed by atoms with Gasteiger partial charge in [0.25, 0.3) is 5.69 Å². The van der Waals surface area contributed by atoms with Crippen molar-refractivity contribution >= 4 is 35.0 Å². The normalized spacial score (nSPS) is 12.3. The summed E-state index contributed by atoms with van der Waals surface area (Å²) in [5.41, 5.74) is 0.684. The second-order valence-electron chi connectivity index (χ2n) is 7.60. The summed E-state index contributed by atoms with van der Waals surface area (Å²) in [4.78, 5) is 40.1. The highest BCUT2D eigenvalue weighted by Crippen LogP contribution is 2.33. The molecule has 0 bridgehead atoms. The summed E-state index contributed by atoms with van der Waals surface area (Å²) in [5.74, 6) is -1.37. The van der Waals surface area contributed by atoms with Crippen molar-refractivity contribution in [2.45, 2.75) is 24.9 Å². The number of halogens is 2. The van der Waals surface area contributed by atoms with Gasteiger partial charge in [-0.05, 0) is 24.3 Å². The van der Waals surface area contributed by atoms with Gasteiger partial charge in [0.05, 0.1) is 28.5 Å². The number of rotatable bonds is 10. The van der Waals surface area contributed by atoms with Crippen LogP contribution < -0.4 is 14.8 Å². The molecule has 0 spiro atoms. The maximum Gasteiger partial charge on any atom is 0.387 e. The molecule has 1 N–H and O–H groups in total. The Labute approximate surface area is 218 Å². The van der Waals surface area contributed by atoms with Crippen molar-refractivity contribution in [3.05, 3.63) is 81.5 Å². The number of pyridine rings is 1. The molecule has 0 atom stereocenters. The average molecular weight is 547 g/mol. The van der Waals surface area contributed by atoms with Crippen LogP contribution in [0.3, 0.4) is 0 Å². The molecule has 38 heavy (non-hydrogen) atoms. The molecule has 1 aliphatic heterocycles. The Morgan fingerprint density at radius 2 is 2.03 bits per heavy atom. The topological polar surface area (TPSA) is 139 Å². The van der Waals surface area contributed by atoms with E-state index in [9.17, 15) is 28.5 Å². The number of esters is 1. The van der Waals surface area contributed by atoms with Crippen LogP contribution in [0.4, 0.5) is 20.2 Å². The molecule has 11 nitrogen and oxygen atoms in total. The summed E-state index contributed by atoms with van der Waals surface area (Å²) in [6.45, 7) is -3.31. The summed E-state index contributed by atoms with van der Waals surface area (Å²) in [6.07, 6.45) is 1.42. The first-order valence-electron chi connectivity index (χ1n) is 10.9. The van der Waals surface area contributed by atoms with Gasteiger partial charge in [-0.15, -0.1) is 0 Å². The highest BCUT2D eigenvalue weighted by atomic mass is 32.2. The molecule has 1 amide bonds. The summed E-state index contributed by atoms with van der Waals surface area (Å²) in [6, 6.07) is 11.3. The van der Waals surface area contributed by atoms with Crippen LogP contribution in [-0.2, 0) is 27.5 Å².